The molecule has 0 saturated heterocycles. The van der Waals surface area contributed by atoms with Crippen LogP contribution in [0.3, 0.4) is 0 Å². The summed E-state index contributed by atoms with van der Waals surface area (Å²) in [6.07, 6.45) is 0. The Bertz CT molecular complexity index is 552. The number of benzene rings is 1. The Hall–Kier alpha value is -1.54. The molecule has 1 aromatic carbocycles. The normalized spacial score (nSPS) is 10.7. The standard InChI is InChI=1S/C15H16ClNO/c1-10(2)11-5-4-6-12(9-11)15-13(16)7-8-14(17-15)18-3/h4-10H,1-3H3. The van der Waals surface area contributed by atoms with Crippen molar-refractivity contribution in [2.45, 2.75) is 19.8 Å². The molecule has 0 radical (unpaired) electrons. The van der Waals surface area contributed by atoms with Gasteiger partial charge in [0.1, 0.15) is 0 Å². The van der Waals surface area contributed by atoms with E-state index in [0.717, 1.165) is 11.3 Å². The maximum atomic E-state index is 6.20. The molecular weight excluding hydrogens is 246 g/mol. The summed E-state index contributed by atoms with van der Waals surface area (Å²) in [5.41, 5.74) is 3.05. The number of ether oxygens (including phenoxy) is 1. The van der Waals surface area contributed by atoms with Crippen LogP contribution in [0.15, 0.2) is 36.4 Å². The van der Waals surface area contributed by atoms with Crippen molar-refractivity contribution in [3.05, 3.63) is 47.0 Å². The number of aromatic nitrogens is 1. The van der Waals surface area contributed by atoms with Crippen molar-refractivity contribution < 1.29 is 4.74 Å². The second-order valence-corrected chi connectivity index (χ2v) is 4.87. The molecule has 2 rings (SSSR count). The van der Waals surface area contributed by atoms with Crippen LogP contribution in [0.25, 0.3) is 11.3 Å². The lowest BCUT2D eigenvalue weighted by Crippen LogP contribution is -1.93. The maximum absolute atomic E-state index is 6.20. The summed E-state index contributed by atoms with van der Waals surface area (Å²) in [5, 5.41) is 0.636. The average Bonchev–Trinajstić information content (AvgIpc) is 2.39. The van der Waals surface area contributed by atoms with E-state index in [1.807, 2.05) is 18.2 Å². The Morgan fingerprint density at radius 3 is 2.61 bits per heavy atom. The van der Waals surface area contributed by atoms with Gasteiger partial charge in [-0.05, 0) is 23.6 Å². The van der Waals surface area contributed by atoms with Crippen LogP contribution in [-0.4, -0.2) is 12.1 Å². The van der Waals surface area contributed by atoms with Gasteiger partial charge in [0.15, 0.2) is 0 Å². The van der Waals surface area contributed by atoms with E-state index >= 15 is 0 Å². The first-order valence-electron chi connectivity index (χ1n) is 5.92. The maximum Gasteiger partial charge on any atom is 0.213 e. The van der Waals surface area contributed by atoms with Crippen LogP contribution in [0.1, 0.15) is 25.3 Å². The summed E-state index contributed by atoms with van der Waals surface area (Å²) in [4.78, 5) is 4.41. The van der Waals surface area contributed by atoms with Crippen molar-refractivity contribution in [1.29, 1.82) is 0 Å². The molecule has 0 atom stereocenters. The molecule has 0 bridgehead atoms. The lowest BCUT2D eigenvalue weighted by molar-refractivity contribution is 0.398. The fourth-order valence-corrected chi connectivity index (χ4v) is 2.00. The van der Waals surface area contributed by atoms with E-state index in [-0.39, 0.29) is 0 Å². The van der Waals surface area contributed by atoms with Gasteiger partial charge < -0.3 is 4.74 Å². The molecule has 18 heavy (non-hydrogen) atoms. The van der Waals surface area contributed by atoms with Crippen LogP contribution in [0.5, 0.6) is 5.88 Å². The second kappa shape index (κ2) is 5.40. The molecule has 3 heteroatoms. The number of nitrogens with zero attached hydrogens (tertiary/aromatic N) is 1. The number of methoxy groups -OCH3 is 1. The molecule has 2 nitrogen and oxygen atoms in total. The first-order chi connectivity index (χ1) is 8.61. The van der Waals surface area contributed by atoms with Gasteiger partial charge in [-0.1, -0.05) is 43.6 Å². The lowest BCUT2D eigenvalue weighted by atomic mass is 9.99. The highest BCUT2D eigenvalue weighted by Gasteiger charge is 2.08. The molecule has 0 fully saturated rings. The van der Waals surface area contributed by atoms with E-state index < -0.39 is 0 Å². The third kappa shape index (κ3) is 2.65. The van der Waals surface area contributed by atoms with Crippen LogP contribution in [0.4, 0.5) is 0 Å². The van der Waals surface area contributed by atoms with Gasteiger partial charge in [0, 0.05) is 11.6 Å². The fraction of sp³-hybridized carbons (Fsp3) is 0.267. The summed E-state index contributed by atoms with van der Waals surface area (Å²) in [7, 11) is 1.60. The SMILES string of the molecule is COc1ccc(Cl)c(-c2cccc(C(C)C)c2)n1. The zero-order chi connectivity index (χ0) is 13.1. The van der Waals surface area contributed by atoms with Crippen molar-refractivity contribution in [2.75, 3.05) is 7.11 Å². The molecule has 0 spiro atoms. The molecular formula is C15H16ClNO. The van der Waals surface area contributed by atoms with Gasteiger partial charge in [-0.15, -0.1) is 0 Å². The quantitative estimate of drug-likeness (QED) is 0.810. The molecule has 0 aliphatic heterocycles. The highest BCUT2D eigenvalue weighted by atomic mass is 35.5. The molecule has 0 saturated carbocycles. The van der Waals surface area contributed by atoms with Gasteiger partial charge in [0.05, 0.1) is 17.8 Å². The summed E-state index contributed by atoms with van der Waals surface area (Å²) < 4.78 is 5.14. The van der Waals surface area contributed by atoms with Crippen LogP contribution in [0.2, 0.25) is 5.02 Å². The second-order valence-electron chi connectivity index (χ2n) is 4.46. The van der Waals surface area contributed by atoms with Gasteiger partial charge in [0.2, 0.25) is 5.88 Å². The summed E-state index contributed by atoms with van der Waals surface area (Å²) >= 11 is 6.20. The first kappa shape index (κ1) is 12.9. The zero-order valence-corrected chi connectivity index (χ0v) is 11.5. The van der Waals surface area contributed by atoms with Crippen molar-refractivity contribution >= 4 is 11.6 Å². The van der Waals surface area contributed by atoms with Crippen LogP contribution >= 0.6 is 11.6 Å². The van der Waals surface area contributed by atoms with Crippen LogP contribution < -0.4 is 4.74 Å². The van der Waals surface area contributed by atoms with Gasteiger partial charge in [-0.2, -0.15) is 0 Å². The van der Waals surface area contributed by atoms with E-state index in [0.29, 0.717) is 16.8 Å². The number of halogens is 1. The lowest BCUT2D eigenvalue weighted by Gasteiger charge is -2.10. The van der Waals surface area contributed by atoms with Crippen molar-refractivity contribution in [3.8, 4) is 17.1 Å². The van der Waals surface area contributed by atoms with Gasteiger partial charge in [0.25, 0.3) is 0 Å². The van der Waals surface area contributed by atoms with E-state index in [1.165, 1.54) is 5.56 Å². The molecule has 1 heterocycles. The van der Waals surface area contributed by atoms with E-state index in [1.54, 1.807) is 13.2 Å². The molecule has 2 aromatic rings. The van der Waals surface area contributed by atoms with Gasteiger partial charge in [-0.25, -0.2) is 4.98 Å². The minimum atomic E-state index is 0.481. The number of rotatable bonds is 3. The Kier molecular flexibility index (Phi) is 3.87. The summed E-state index contributed by atoms with van der Waals surface area (Å²) in [5.74, 6) is 1.05. The Labute approximate surface area is 113 Å². The third-order valence-electron chi connectivity index (χ3n) is 2.86. The smallest absolute Gasteiger partial charge is 0.213 e. The Balaban J connectivity index is 2.50. The number of hydrogen-bond acceptors (Lipinski definition) is 2. The minimum Gasteiger partial charge on any atom is -0.481 e. The molecule has 0 aliphatic carbocycles. The van der Waals surface area contributed by atoms with E-state index in [2.05, 4.69) is 31.0 Å². The number of hydrogen-bond donors (Lipinski definition) is 0. The molecule has 0 N–H and O–H groups in total. The van der Waals surface area contributed by atoms with Crippen LogP contribution in [0, 0.1) is 0 Å². The molecule has 0 aliphatic rings. The van der Waals surface area contributed by atoms with Gasteiger partial charge in [-0.3, -0.25) is 0 Å². The largest absolute Gasteiger partial charge is 0.481 e. The summed E-state index contributed by atoms with van der Waals surface area (Å²) in [6.45, 7) is 4.33. The topological polar surface area (TPSA) is 22.1 Å². The van der Waals surface area contributed by atoms with Crippen molar-refractivity contribution in [3.63, 3.8) is 0 Å². The highest BCUT2D eigenvalue weighted by molar-refractivity contribution is 6.33. The third-order valence-corrected chi connectivity index (χ3v) is 3.16. The van der Waals surface area contributed by atoms with Crippen molar-refractivity contribution in [1.82, 2.24) is 4.98 Å². The predicted molar refractivity (Wildman–Crippen MR) is 75.3 cm³/mol. The predicted octanol–water partition coefficient (Wildman–Crippen LogP) is 4.53. The first-order valence-corrected chi connectivity index (χ1v) is 6.30. The van der Waals surface area contributed by atoms with Gasteiger partial charge >= 0.3 is 0 Å². The average molecular weight is 262 g/mol. The van der Waals surface area contributed by atoms with Crippen LogP contribution in [-0.2, 0) is 0 Å². The zero-order valence-electron chi connectivity index (χ0n) is 10.8. The Morgan fingerprint density at radius 1 is 1.17 bits per heavy atom. The molecule has 0 amide bonds. The highest BCUT2D eigenvalue weighted by Crippen LogP contribution is 2.29. The fourth-order valence-electron chi connectivity index (χ4n) is 1.79. The van der Waals surface area contributed by atoms with E-state index in [4.69, 9.17) is 16.3 Å². The summed E-state index contributed by atoms with van der Waals surface area (Å²) in [6, 6.07) is 11.9. The molecule has 94 valence electrons. The molecule has 0 unspecified atom stereocenters. The minimum absolute atomic E-state index is 0.481. The number of pyridine rings is 1. The Morgan fingerprint density at radius 2 is 1.94 bits per heavy atom. The monoisotopic (exact) mass is 261 g/mol. The molecule has 1 aromatic heterocycles. The van der Waals surface area contributed by atoms with E-state index in [9.17, 15) is 0 Å². The van der Waals surface area contributed by atoms with Crippen molar-refractivity contribution in [2.24, 2.45) is 0 Å².